The number of nitrogens with zero attached hydrogens (tertiary/aromatic N) is 2. The van der Waals surface area contributed by atoms with E-state index < -0.39 is 0 Å². The van der Waals surface area contributed by atoms with Gasteiger partial charge in [-0.25, -0.2) is 9.78 Å². The average Bonchev–Trinajstić information content (AvgIpc) is 1.98. The predicted octanol–water partition coefficient (Wildman–Crippen LogP) is 0.733. The highest BCUT2D eigenvalue weighted by Gasteiger charge is 1.93. The maximum Gasteiger partial charge on any atom is 0.347 e. The van der Waals surface area contributed by atoms with Gasteiger partial charge in [-0.2, -0.15) is 0 Å². The van der Waals surface area contributed by atoms with Crippen molar-refractivity contribution in [3.05, 3.63) is 28.4 Å². The van der Waals surface area contributed by atoms with Crippen molar-refractivity contribution in [3.8, 4) is 0 Å². The molecule has 3 heteroatoms. The molecule has 0 fully saturated rings. The Balaban J connectivity index is 2.96. The third-order valence-corrected chi connectivity index (χ3v) is 1.54. The molecule has 1 aromatic heterocycles. The number of hydrogen-bond acceptors (Lipinski definition) is 2. The monoisotopic (exact) mass is 152 g/mol. The Morgan fingerprint density at radius 3 is 2.91 bits per heavy atom. The van der Waals surface area contributed by atoms with E-state index in [9.17, 15) is 4.79 Å². The van der Waals surface area contributed by atoms with Crippen LogP contribution in [0.15, 0.2) is 17.2 Å². The molecular formula is C8H12N2O. The summed E-state index contributed by atoms with van der Waals surface area (Å²) in [5, 5.41) is 0. The Labute approximate surface area is 65.7 Å². The van der Waals surface area contributed by atoms with Crippen LogP contribution in [0.1, 0.15) is 18.9 Å². The van der Waals surface area contributed by atoms with Crippen LogP contribution in [0.4, 0.5) is 0 Å². The maximum absolute atomic E-state index is 10.8. The molecule has 1 rings (SSSR count). The molecule has 0 aliphatic carbocycles. The Hall–Kier alpha value is -1.12. The number of rotatable bonds is 2. The number of hydrogen-bond donors (Lipinski definition) is 0. The van der Waals surface area contributed by atoms with E-state index >= 15 is 0 Å². The van der Waals surface area contributed by atoms with Gasteiger partial charge in [-0.15, -0.1) is 0 Å². The van der Waals surface area contributed by atoms with Crippen molar-refractivity contribution >= 4 is 0 Å². The van der Waals surface area contributed by atoms with Gasteiger partial charge in [-0.3, -0.25) is 0 Å². The fourth-order valence-electron chi connectivity index (χ4n) is 0.984. The second kappa shape index (κ2) is 3.32. The molecule has 3 nitrogen and oxygen atoms in total. The lowest BCUT2D eigenvalue weighted by Gasteiger charge is -1.99. The van der Waals surface area contributed by atoms with Gasteiger partial charge in [0.15, 0.2) is 0 Å². The van der Waals surface area contributed by atoms with Gasteiger partial charge < -0.3 is 4.57 Å². The summed E-state index contributed by atoms with van der Waals surface area (Å²) < 4.78 is 1.50. The minimum atomic E-state index is -0.190. The summed E-state index contributed by atoms with van der Waals surface area (Å²) in [5.41, 5.74) is 0.930. The molecule has 0 saturated heterocycles. The van der Waals surface area contributed by atoms with E-state index in [1.165, 1.54) is 4.57 Å². The molecule has 0 bridgehead atoms. The SMILES string of the molecule is CCCc1cnc(=O)n(C)c1. The zero-order valence-electron chi connectivity index (χ0n) is 6.87. The quantitative estimate of drug-likeness (QED) is 0.626. The fraction of sp³-hybridized carbons (Fsp3) is 0.500. The van der Waals surface area contributed by atoms with Gasteiger partial charge in [0.2, 0.25) is 0 Å². The van der Waals surface area contributed by atoms with E-state index in [-0.39, 0.29) is 5.69 Å². The van der Waals surface area contributed by atoms with E-state index in [4.69, 9.17) is 0 Å². The standard InChI is InChI=1S/C8H12N2O/c1-3-4-7-5-9-8(11)10(2)6-7/h5-6H,3-4H2,1-2H3. The van der Waals surface area contributed by atoms with E-state index in [1.54, 1.807) is 13.2 Å². The van der Waals surface area contributed by atoms with Crippen LogP contribution >= 0.6 is 0 Å². The molecule has 0 aliphatic heterocycles. The summed E-state index contributed by atoms with van der Waals surface area (Å²) in [5.74, 6) is 0. The molecule has 0 aromatic carbocycles. The molecule has 0 amide bonds. The molecule has 0 aliphatic rings. The summed E-state index contributed by atoms with van der Waals surface area (Å²) in [7, 11) is 1.72. The molecular weight excluding hydrogens is 140 g/mol. The van der Waals surface area contributed by atoms with Crippen LogP contribution in [-0.4, -0.2) is 9.55 Å². The molecule has 1 aromatic rings. The first-order chi connectivity index (χ1) is 5.24. The van der Waals surface area contributed by atoms with E-state index in [0.29, 0.717) is 0 Å². The highest BCUT2D eigenvalue weighted by Crippen LogP contribution is 1.96. The zero-order valence-corrected chi connectivity index (χ0v) is 6.87. The van der Waals surface area contributed by atoms with Gasteiger partial charge in [-0.05, 0) is 12.0 Å². The Bertz CT molecular complexity index is 290. The summed E-state index contributed by atoms with van der Waals surface area (Å²) in [4.78, 5) is 14.5. The summed E-state index contributed by atoms with van der Waals surface area (Å²) in [6.07, 6.45) is 5.55. The van der Waals surface area contributed by atoms with Crippen molar-refractivity contribution in [2.45, 2.75) is 19.8 Å². The highest BCUT2D eigenvalue weighted by molar-refractivity contribution is 5.03. The summed E-state index contributed by atoms with van der Waals surface area (Å²) >= 11 is 0. The van der Waals surface area contributed by atoms with Gasteiger partial charge >= 0.3 is 5.69 Å². The second-order valence-electron chi connectivity index (χ2n) is 2.61. The first-order valence-electron chi connectivity index (χ1n) is 3.75. The molecule has 0 atom stereocenters. The van der Waals surface area contributed by atoms with Crippen LogP contribution in [0.3, 0.4) is 0 Å². The van der Waals surface area contributed by atoms with Crippen LogP contribution in [0, 0.1) is 0 Å². The normalized spacial score (nSPS) is 10.0. The van der Waals surface area contributed by atoms with Crippen molar-refractivity contribution in [2.24, 2.45) is 7.05 Å². The van der Waals surface area contributed by atoms with Crippen molar-refractivity contribution in [1.82, 2.24) is 9.55 Å². The molecule has 1 heterocycles. The third-order valence-electron chi connectivity index (χ3n) is 1.54. The van der Waals surface area contributed by atoms with Gasteiger partial charge in [0, 0.05) is 19.4 Å². The summed E-state index contributed by atoms with van der Waals surface area (Å²) in [6, 6.07) is 0. The molecule has 0 N–H and O–H groups in total. The topological polar surface area (TPSA) is 34.9 Å². The molecule has 0 unspecified atom stereocenters. The van der Waals surface area contributed by atoms with E-state index in [2.05, 4.69) is 11.9 Å². The molecule has 0 saturated carbocycles. The van der Waals surface area contributed by atoms with Crippen LogP contribution in [0.5, 0.6) is 0 Å². The van der Waals surface area contributed by atoms with Gasteiger partial charge in [0.25, 0.3) is 0 Å². The predicted molar refractivity (Wildman–Crippen MR) is 43.5 cm³/mol. The maximum atomic E-state index is 10.8. The molecule has 11 heavy (non-hydrogen) atoms. The smallest absolute Gasteiger partial charge is 0.302 e. The number of aryl methyl sites for hydroxylation is 2. The van der Waals surface area contributed by atoms with Crippen molar-refractivity contribution in [1.29, 1.82) is 0 Å². The van der Waals surface area contributed by atoms with Gasteiger partial charge in [-0.1, -0.05) is 13.3 Å². The lowest BCUT2D eigenvalue weighted by Crippen LogP contribution is -2.19. The molecule has 0 radical (unpaired) electrons. The minimum absolute atomic E-state index is 0.190. The van der Waals surface area contributed by atoms with Gasteiger partial charge in [0.1, 0.15) is 0 Å². The first-order valence-corrected chi connectivity index (χ1v) is 3.75. The largest absolute Gasteiger partial charge is 0.347 e. The Morgan fingerprint density at radius 2 is 2.36 bits per heavy atom. The van der Waals surface area contributed by atoms with E-state index in [0.717, 1.165) is 18.4 Å². The van der Waals surface area contributed by atoms with E-state index in [1.807, 2.05) is 6.20 Å². The number of aromatic nitrogens is 2. The van der Waals surface area contributed by atoms with Crippen LogP contribution in [0.25, 0.3) is 0 Å². The van der Waals surface area contributed by atoms with Gasteiger partial charge in [0.05, 0.1) is 0 Å². The highest BCUT2D eigenvalue weighted by atomic mass is 16.1. The van der Waals surface area contributed by atoms with Crippen molar-refractivity contribution in [3.63, 3.8) is 0 Å². The Morgan fingerprint density at radius 1 is 1.64 bits per heavy atom. The summed E-state index contributed by atoms with van der Waals surface area (Å²) in [6.45, 7) is 2.10. The average molecular weight is 152 g/mol. The lowest BCUT2D eigenvalue weighted by molar-refractivity contribution is 0.777. The molecule has 0 spiro atoms. The fourth-order valence-corrected chi connectivity index (χ4v) is 0.984. The van der Waals surface area contributed by atoms with Crippen LogP contribution in [-0.2, 0) is 13.5 Å². The lowest BCUT2D eigenvalue weighted by atomic mass is 10.2. The Kier molecular flexibility index (Phi) is 2.41. The zero-order chi connectivity index (χ0) is 8.27. The second-order valence-corrected chi connectivity index (χ2v) is 2.61. The first kappa shape index (κ1) is 7.98. The third kappa shape index (κ3) is 1.90. The van der Waals surface area contributed by atoms with Crippen molar-refractivity contribution < 1.29 is 0 Å². The van der Waals surface area contributed by atoms with Crippen molar-refractivity contribution in [2.75, 3.05) is 0 Å². The van der Waals surface area contributed by atoms with Crippen LogP contribution < -0.4 is 5.69 Å². The minimum Gasteiger partial charge on any atom is -0.302 e. The molecule has 60 valence electrons. The van der Waals surface area contributed by atoms with Crippen LogP contribution in [0.2, 0.25) is 0 Å².